The minimum absolute atomic E-state index is 0.0120. The molecule has 0 bridgehead atoms. The highest BCUT2D eigenvalue weighted by molar-refractivity contribution is 5.98. The van der Waals surface area contributed by atoms with Crippen molar-refractivity contribution < 1.29 is 53.1 Å². The van der Waals surface area contributed by atoms with E-state index < -0.39 is 108 Å². The lowest BCUT2D eigenvalue weighted by Gasteiger charge is -2.28. The summed E-state index contributed by atoms with van der Waals surface area (Å²) in [4.78, 5) is 133. The molecular formula is C48H82N14O11. The van der Waals surface area contributed by atoms with Gasteiger partial charge in [-0.25, -0.2) is 0 Å². The second kappa shape index (κ2) is 34.2. The van der Waals surface area contributed by atoms with Gasteiger partial charge < -0.3 is 81.2 Å². The average molecular weight is 1030 g/mol. The number of rotatable bonds is 33. The topological polar surface area (TPSA) is 415 Å². The molecule has 0 spiro atoms. The van der Waals surface area contributed by atoms with Gasteiger partial charge in [-0.3, -0.25) is 47.9 Å². The molecule has 1 fully saturated rings. The lowest BCUT2D eigenvalue weighted by molar-refractivity contribution is -0.136. The molecule has 1 aromatic rings. The molecule has 1 aliphatic rings. The summed E-state index contributed by atoms with van der Waals surface area (Å²) in [6.07, 6.45) is 2.91. The molecule has 73 heavy (non-hydrogen) atoms. The second-order valence-electron chi connectivity index (χ2n) is 18.5. The number of benzene rings is 1. The van der Waals surface area contributed by atoms with Gasteiger partial charge in [-0.1, -0.05) is 63.4 Å². The number of hydrogen-bond acceptors (Lipinski definition) is 15. The van der Waals surface area contributed by atoms with Gasteiger partial charge in [0, 0.05) is 18.9 Å². The molecule has 10 amide bonds. The zero-order valence-corrected chi connectivity index (χ0v) is 42.7. The van der Waals surface area contributed by atoms with Crippen LogP contribution >= 0.6 is 0 Å². The van der Waals surface area contributed by atoms with E-state index in [0.29, 0.717) is 5.56 Å². The summed E-state index contributed by atoms with van der Waals surface area (Å²) in [7, 11) is 0. The fraction of sp³-hybridized carbons (Fsp3) is 0.667. The van der Waals surface area contributed by atoms with Crippen LogP contribution in [0.3, 0.4) is 0 Å². The van der Waals surface area contributed by atoms with Gasteiger partial charge in [-0.2, -0.15) is 0 Å². The van der Waals surface area contributed by atoms with Crippen molar-refractivity contribution in [2.24, 2.45) is 34.8 Å². The largest absolute Gasteiger partial charge is 0.391 e. The molecule has 0 aromatic heterocycles. The van der Waals surface area contributed by atoms with Crippen LogP contribution in [0.4, 0.5) is 0 Å². The van der Waals surface area contributed by atoms with Crippen LogP contribution in [-0.2, 0) is 54.4 Å². The molecule has 19 N–H and O–H groups in total. The van der Waals surface area contributed by atoms with E-state index in [1.807, 2.05) is 0 Å². The summed E-state index contributed by atoms with van der Waals surface area (Å²) >= 11 is 0. The van der Waals surface area contributed by atoms with Crippen molar-refractivity contribution in [2.75, 3.05) is 45.8 Å². The highest BCUT2D eigenvalue weighted by Gasteiger charge is 2.35. The van der Waals surface area contributed by atoms with Gasteiger partial charge >= 0.3 is 0 Å². The summed E-state index contributed by atoms with van der Waals surface area (Å²) in [5.74, 6) is -7.39. The Morgan fingerprint density at radius 2 is 0.945 bits per heavy atom. The fourth-order valence-electron chi connectivity index (χ4n) is 7.99. The van der Waals surface area contributed by atoms with Gasteiger partial charge in [0.25, 0.3) is 0 Å². The number of nitrogens with two attached hydrogens (primary N) is 4. The highest BCUT2D eigenvalue weighted by atomic mass is 16.3. The highest BCUT2D eigenvalue weighted by Crippen LogP contribution is 2.23. The number of carbonyl (C=O) groups is 10. The summed E-state index contributed by atoms with van der Waals surface area (Å²) in [5.41, 5.74) is 23.7. The van der Waals surface area contributed by atoms with Crippen molar-refractivity contribution in [3.05, 3.63) is 35.9 Å². The van der Waals surface area contributed by atoms with Gasteiger partial charge in [-0.15, -0.1) is 0 Å². The Morgan fingerprint density at radius 3 is 1.42 bits per heavy atom. The van der Waals surface area contributed by atoms with Crippen molar-refractivity contribution in [3.8, 4) is 0 Å². The van der Waals surface area contributed by atoms with Gasteiger partial charge in [0.15, 0.2) is 0 Å². The van der Waals surface area contributed by atoms with Gasteiger partial charge in [0.1, 0.15) is 42.3 Å². The van der Waals surface area contributed by atoms with E-state index in [4.69, 9.17) is 22.9 Å². The maximum Gasteiger partial charge on any atom is 0.245 e. The molecule has 0 heterocycles. The quantitative estimate of drug-likeness (QED) is 0.0315. The van der Waals surface area contributed by atoms with Crippen molar-refractivity contribution in [3.63, 3.8) is 0 Å². The third-order valence-electron chi connectivity index (χ3n) is 11.9. The van der Waals surface area contributed by atoms with Gasteiger partial charge in [-0.05, 0) is 96.5 Å². The molecule has 8 atom stereocenters. The first kappa shape index (κ1) is 62.8. The predicted octanol–water partition coefficient (Wildman–Crippen LogP) is -4.61. The molecule has 0 saturated heterocycles. The Kier molecular flexibility index (Phi) is 29.4. The third-order valence-corrected chi connectivity index (χ3v) is 11.9. The molecule has 1 saturated carbocycles. The van der Waals surface area contributed by atoms with E-state index in [1.54, 1.807) is 51.1 Å². The zero-order chi connectivity index (χ0) is 54.5. The van der Waals surface area contributed by atoms with E-state index in [-0.39, 0.29) is 95.5 Å². The van der Waals surface area contributed by atoms with Crippen LogP contribution in [0, 0.1) is 11.8 Å². The van der Waals surface area contributed by atoms with Crippen molar-refractivity contribution >= 4 is 59.1 Å². The number of nitrogens with one attached hydrogen (secondary N) is 10. The number of likely N-dealkylation sites (N-methyl/N-ethyl adjacent to an activating group) is 1. The van der Waals surface area contributed by atoms with Crippen LogP contribution in [0.1, 0.15) is 97.5 Å². The first-order valence-electron chi connectivity index (χ1n) is 25.2. The molecule has 0 aliphatic heterocycles. The Bertz CT molecular complexity index is 1950. The summed E-state index contributed by atoms with van der Waals surface area (Å²) in [5, 5.41) is 35.8. The minimum atomic E-state index is -1.34. The molecular weight excluding hydrogens is 949 g/mol. The number of amides is 10. The second-order valence-corrected chi connectivity index (χ2v) is 18.5. The predicted molar refractivity (Wildman–Crippen MR) is 271 cm³/mol. The standard InChI is InChI=1S/C48H82N14O11/c1-5-53-48(73)40(29(4)63)62-45(70)35(19-23-52)58-44(69)34(18-22-51)59-46(71)36(24-28(2)3)60-47(72)37(25-30-12-8-6-9-13-30)61-43(68)33(17-21-50)57-39(65)27-55-42(67)32(16-20-49)56-38(64)26-54-41(66)31-14-10-7-11-15-31/h6,8-9,12-13,28-29,31-37,40,63H,5,7,10-11,14-27,49-52H2,1-4H3,(H,53,73)(H,54,66)(H,55,67)(H,56,64)(H,57,65)(H,58,69)(H,59,71)(H,60,72)(H,61,68)(H,62,70)/t29?,32-,33-,34-,35-,36-,37+,40?/m0/s1. The molecule has 25 heteroatoms. The van der Waals surface area contributed by atoms with Crippen molar-refractivity contribution in [2.45, 2.75) is 147 Å². The van der Waals surface area contributed by atoms with E-state index in [1.165, 1.54) is 6.92 Å². The lowest BCUT2D eigenvalue weighted by Crippen LogP contribution is -2.61. The van der Waals surface area contributed by atoms with Crippen LogP contribution < -0.4 is 76.1 Å². The average Bonchev–Trinajstić information content (AvgIpc) is 3.35. The molecule has 1 aliphatic carbocycles. The van der Waals surface area contributed by atoms with Crippen LogP contribution in [0.25, 0.3) is 0 Å². The van der Waals surface area contributed by atoms with Gasteiger partial charge in [0.05, 0.1) is 19.2 Å². The number of aliphatic hydroxyl groups is 1. The summed E-state index contributed by atoms with van der Waals surface area (Å²) in [6.45, 7) is 5.64. The first-order chi connectivity index (χ1) is 34.8. The lowest BCUT2D eigenvalue weighted by atomic mass is 9.89. The molecule has 25 nitrogen and oxygen atoms in total. The SMILES string of the molecule is CCNC(=O)C(NC(=O)[C@H](CCN)NC(=O)[C@H](CCN)NC(=O)[C@H](CC(C)C)NC(=O)[C@@H](Cc1ccccc1)NC(=O)[C@H](CCN)NC(=O)CNC(=O)[C@H](CCN)NC(=O)CNC(=O)C1CCCCC1)C(C)O. The molecule has 2 unspecified atom stereocenters. The van der Waals surface area contributed by atoms with Crippen molar-refractivity contribution in [1.82, 2.24) is 53.2 Å². The van der Waals surface area contributed by atoms with E-state index in [0.717, 1.165) is 32.1 Å². The smallest absolute Gasteiger partial charge is 0.245 e. The van der Waals surface area contributed by atoms with Gasteiger partial charge in [0.2, 0.25) is 59.1 Å². The van der Waals surface area contributed by atoms with E-state index in [9.17, 15) is 53.1 Å². The Balaban J connectivity index is 2.22. The first-order valence-corrected chi connectivity index (χ1v) is 25.2. The molecule has 410 valence electrons. The normalized spacial score (nSPS) is 15.8. The fourth-order valence-corrected chi connectivity index (χ4v) is 7.99. The van der Waals surface area contributed by atoms with E-state index >= 15 is 0 Å². The van der Waals surface area contributed by atoms with E-state index in [2.05, 4.69) is 53.2 Å². The maximum atomic E-state index is 14.2. The Labute approximate surface area is 427 Å². The number of carbonyl (C=O) groups excluding carboxylic acids is 10. The third kappa shape index (κ3) is 23.4. The van der Waals surface area contributed by atoms with Crippen molar-refractivity contribution in [1.29, 1.82) is 0 Å². The Hall–Kier alpha value is -6.28. The molecule has 2 rings (SSSR count). The summed E-state index contributed by atoms with van der Waals surface area (Å²) < 4.78 is 0. The van der Waals surface area contributed by atoms with Crippen LogP contribution in [0.5, 0.6) is 0 Å². The number of hydrogen-bond donors (Lipinski definition) is 15. The monoisotopic (exact) mass is 1030 g/mol. The molecule has 0 radical (unpaired) electrons. The molecule has 1 aromatic carbocycles. The van der Waals surface area contributed by atoms with Crippen LogP contribution in [0.15, 0.2) is 30.3 Å². The minimum Gasteiger partial charge on any atom is -0.391 e. The van der Waals surface area contributed by atoms with Crippen LogP contribution in [-0.4, -0.2) is 158 Å². The van der Waals surface area contributed by atoms with Crippen LogP contribution in [0.2, 0.25) is 0 Å². The number of aliphatic hydroxyl groups excluding tert-OH is 1. The Morgan fingerprint density at radius 1 is 0.521 bits per heavy atom. The maximum absolute atomic E-state index is 14.2. The summed E-state index contributed by atoms with van der Waals surface area (Å²) in [6, 6.07) is -0.300. The zero-order valence-electron chi connectivity index (χ0n) is 42.7.